The molecule has 0 saturated heterocycles. The molecule has 162 valence electrons. The molecular formula is C32H25N2+. The number of benzene rings is 5. The fourth-order valence-electron chi connectivity index (χ4n) is 4.03. The summed E-state index contributed by atoms with van der Waals surface area (Å²) in [4.78, 5) is 0. The van der Waals surface area contributed by atoms with E-state index in [9.17, 15) is 0 Å². The average molecular weight is 438 g/mol. The molecule has 0 radical (unpaired) electrons. The second kappa shape index (κ2) is 10.5. The van der Waals surface area contributed by atoms with Crippen LogP contribution in [0.2, 0.25) is 0 Å². The van der Waals surface area contributed by atoms with Gasteiger partial charge in [-0.3, -0.25) is 0 Å². The molecule has 0 aliphatic heterocycles. The molecule has 0 atom stereocenters. The van der Waals surface area contributed by atoms with Crippen molar-refractivity contribution in [2.24, 2.45) is 10.2 Å². The lowest BCUT2D eigenvalue weighted by atomic mass is 9.85. The van der Waals surface area contributed by atoms with Crippen LogP contribution in [0.3, 0.4) is 0 Å². The Labute approximate surface area is 201 Å². The number of hydrogen-bond donors (Lipinski definition) is 0. The molecule has 0 aromatic heterocycles. The Bertz CT molecular complexity index is 1290. The first-order valence-electron chi connectivity index (χ1n) is 11.5. The Hall–Kier alpha value is -4.43. The Morgan fingerprint density at radius 1 is 0.382 bits per heavy atom. The third-order valence-corrected chi connectivity index (χ3v) is 5.75. The zero-order valence-electron chi connectivity index (χ0n) is 18.9. The van der Waals surface area contributed by atoms with E-state index >= 15 is 0 Å². The maximum absolute atomic E-state index is 4.34. The molecule has 0 bridgehead atoms. The van der Waals surface area contributed by atoms with Crippen LogP contribution in [0.15, 0.2) is 150 Å². The maximum atomic E-state index is 4.34. The predicted octanol–water partition coefficient (Wildman–Crippen LogP) is 8.71. The summed E-state index contributed by atoms with van der Waals surface area (Å²) in [6, 6.07) is 48.2. The van der Waals surface area contributed by atoms with Crippen molar-refractivity contribution in [3.63, 3.8) is 0 Å². The van der Waals surface area contributed by atoms with Crippen LogP contribution in [0, 0.1) is 5.92 Å². The SMILES string of the molecule is c1ccc(N=Nc2ccc(Cc3ccc([C+](c4ccccc4)c4ccccc4)cc3)cc2)cc1. The molecule has 0 saturated carbocycles. The van der Waals surface area contributed by atoms with Gasteiger partial charge < -0.3 is 0 Å². The first-order chi connectivity index (χ1) is 16.8. The van der Waals surface area contributed by atoms with Crippen LogP contribution >= 0.6 is 0 Å². The van der Waals surface area contributed by atoms with Crippen molar-refractivity contribution in [3.8, 4) is 0 Å². The highest BCUT2D eigenvalue weighted by Crippen LogP contribution is 2.31. The normalized spacial score (nSPS) is 10.9. The average Bonchev–Trinajstić information content (AvgIpc) is 2.91. The zero-order chi connectivity index (χ0) is 23.0. The zero-order valence-corrected chi connectivity index (χ0v) is 18.9. The highest BCUT2D eigenvalue weighted by atomic mass is 15.1. The third kappa shape index (κ3) is 5.31. The lowest BCUT2D eigenvalue weighted by molar-refractivity contribution is 1.16. The fraction of sp³-hybridized carbons (Fsp3) is 0.0312. The smallest absolute Gasteiger partial charge is 0.0857 e. The number of nitrogens with zero attached hydrogens (tertiary/aromatic N) is 2. The largest absolute Gasteiger partial charge is 0.151 e. The highest BCUT2D eigenvalue weighted by Gasteiger charge is 2.21. The van der Waals surface area contributed by atoms with Gasteiger partial charge in [-0.1, -0.05) is 42.5 Å². The van der Waals surface area contributed by atoms with Crippen molar-refractivity contribution in [2.75, 3.05) is 0 Å². The van der Waals surface area contributed by atoms with Crippen molar-refractivity contribution in [3.05, 3.63) is 173 Å². The number of hydrogen-bond acceptors (Lipinski definition) is 2. The van der Waals surface area contributed by atoms with Crippen LogP contribution in [-0.2, 0) is 6.42 Å². The van der Waals surface area contributed by atoms with E-state index in [0.717, 1.165) is 17.8 Å². The van der Waals surface area contributed by atoms with Gasteiger partial charge in [-0.15, -0.1) is 0 Å². The molecule has 0 N–H and O–H groups in total. The van der Waals surface area contributed by atoms with E-state index in [-0.39, 0.29) is 0 Å². The molecular weight excluding hydrogens is 412 g/mol. The summed E-state index contributed by atoms with van der Waals surface area (Å²) in [7, 11) is 0. The van der Waals surface area contributed by atoms with Gasteiger partial charge in [-0.05, 0) is 115 Å². The number of rotatable bonds is 7. The molecule has 0 spiro atoms. The topological polar surface area (TPSA) is 24.7 Å². The van der Waals surface area contributed by atoms with Crippen LogP contribution in [0.5, 0.6) is 0 Å². The van der Waals surface area contributed by atoms with E-state index < -0.39 is 0 Å². The molecule has 5 aromatic rings. The summed E-state index contributed by atoms with van der Waals surface area (Å²) in [5, 5.41) is 8.62. The van der Waals surface area contributed by atoms with E-state index in [2.05, 4.69) is 107 Å². The van der Waals surface area contributed by atoms with Gasteiger partial charge in [-0.25, -0.2) is 0 Å². The minimum absolute atomic E-state index is 0.855. The van der Waals surface area contributed by atoms with E-state index in [1.807, 2.05) is 42.5 Å². The fourth-order valence-corrected chi connectivity index (χ4v) is 4.03. The van der Waals surface area contributed by atoms with Crippen molar-refractivity contribution in [1.29, 1.82) is 0 Å². The standard InChI is InChI=1S/C32H25N2/c1-4-10-27(11-5-1)32(28-12-6-2-7-13-28)29-20-16-25(17-21-29)24-26-18-22-31(23-19-26)34-33-30-14-8-3-9-15-30/h1-23H,24H2/q+1. The summed E-state index contributed by atoms with van der Waals surface area (Å²) in [6.45, 7) is 0. The van der Waals surface area contributed by atoms with Gasteiger partial charge in [0.15, 0.2) is 0 Å². The van der Waals surface area contributed by atoms with Gasteiger partial charge in [0.1, 0.15) is 0 Å². The molecule has 0 heterocycles. The summed E-state index contributed by atoms with van der Waals surface area (Å²) in [6.07, 6.45) is 0.877. The van der Waals surface area contributed by atoms with Crippen LogP contribution in [0.25, 0.3) is 0 Å². The maximum Gasteiger partial charge on any atom is 0.0857 e. The second-order valence-corrected chi connectivity index (χ2v) is 8.18. The van der Waals surface area contributed by atoms with Gasteiger partial charge in [0.2, 0.25) is 0 Å². The van der Waals surface area contributed by atoms with Crippen LogP contribution in [0.4, 0.5) is 11.4 Å². The molecule has 0 fully saturated rings. The molecule has 2 nitrogen and oxygen atoms in total. The number of azo groups is 1. The summed E-state index contributed by atoms with van der Waals surface area (Å²) < 4.78 is 0. The monoisotopic (exact) mass is 437 g/mol. The van der Waals surface area contributed by atoms with Crippen molar-refractivity contribution in [1.82, 2.24) is 0 Å². The van der Waals surface area contributed by atoms with Gasteiger partial charge in [0.05, 0.1) is 34.0 Å². The van der Waals surface area contributed by atoms with Crippen molar-refractivity contribution < 1.29 is 0 Å². The van der Waals surface area contributed by atoms with Crippen LogP contribution < -0.4 is 0 Å². The minimum Gasteiger partial charge on any atom is -0.151 e. The minimum atomic E-state index is 0.855. The molecule has 5 aromatic carbocycles. The summed E-state index contributed by atoms with van der Waals surface area (Å²) in [5.41, 5.74) is 7.91. The Morgan fingerprint density at radius 3 is 1.26 bits per heavy atom. The third-order valence-electron chi connectivity index (χ3n) is 5.75. The second-order valence-electron chi connectivity index (χ2n) is 8.18. The Balaban J connectivity index is 1.31. The molecule has 0 aliphatic rings. The lowest BCUT2D eigenvalue weighted by Gasteiger charge is -2.13. The van der Waals surface area contributed by atoms with Crippen LogP contribution in [0.1, 0.15) is 27.8 Å². The predicted molar refractivity (Wildman–Crippen MR) is 140 cm³/mol. The Kier molecular flexibility index (Phi) is 6.59. The first-order valence-corrected chi connectivity index (χ1v) is 11.5. The lowest BCUT2D eigenvalue weighted by Crippen LogP contribution is -2.04. The molecule has 0 aliphatic carbocycles. The van der Waals surface area contributed by atoms with E-state index in [0.29, 0.717) is 0 Å². The first kappa shape index (κ1) is 21.4. The summed E-state index contributed by atoms with van der Waals surface area (Å²) >= 11 is 0. The van der Waals surface area contributed by atoms with E-state index in [4.69, 9.17) is 0 Å². The van der Waals surface area contributed by atoms with Gasteiger partial charge in [0, 0.05) is 0 Å². The van der Waals surface area contributed by atoms with Gasteiger partial charge in [-0.2, -0.15) is 10.2 Å². The summed E-state index contributed by atoms with van der Waals surface area (Å²) in [5.74, 6) is 1.25. The molecule has 5 rings (SSSR count). The Morgan fingerprint density at radius 2 is 0.765 bits per heavy atom. The quantitative estimate of drug-likeness (QED) is 0.138. The molecule has 34 heavy (non-hydrogen) atoms. The van der Waals surface area contributed by atoms with Gasteiger partial charge >= 0.3 is 0 Å². The molecule has 0 amide bonds. The van der Waals surface area contributed by atoms with Crippen LogP contribution in [-0.4, -0.2) is 0 Å². The van der Waals surface area contributed by atoms with E-state index in [1.165, 1.54) is 33.7 Å². The molecule has 0 unspecified atom stereocenters. The highest BCUT2D eigenvalue weighted by molar-refractivity contribution is 5.57. The van der Waals surface area contributed by atoms with E-state index in [1.54, 1.807) is 0 Å². The van der Waals surface area contributed by atoms with Gasteiger partial charge in [0.25, 0.3) is 0 Å². The van der Waals surface area contributed by atoms with Crippen molar-refractivity contribution >= 4 is 11.4 Å². The molecule has 2 heteroatoms. The van der Waals surface area contributed by atoms with Crippen molar-refractivity contribution in [2.45, 2.75) is 6.42 Å².